The molecular formula is C55H102NO8P. The summed E-state index contributed by atoms with van der Waals surface area (Å²) in [6, 6.07) is 0. The second-order valence-corrected chi connectivity index (χ2v) is 19.7. The van der Waals surface area contributed by atoms with Gasteiger partial charge in [0.05, 0.1) is 13.2 Å². The molecule has 0 fully saturated rings. The lowest BCUT2D eigenvalue weighted by Crippen LogP contribution is -2.27. The highest BCUT2D eigenvalue weighted by Crippen LogP contribution is 2.42. The summed E-state index contributed by atoms with van der Waals surface area (Å²) in [6.07, 6.45) is 61.9. The van der Waals surface area contributed by atoms with Crippen molar-refractivity contribution in [2.75, 3.05) is 26.4 Å². The van der Waals surface area contributed by atoms with E-state index in [9.17, 15) is 24.2 Å². The van der Waals surface area contributed by atoms with Crippen LogP contribution in [0.4, 0.5) is 0 Å². The minimum Gasteiger partial charge on any atom is -0.463 e. The van der Waals surface area contributed by atoms with Crippen LogP contribution >= 0.6 is 7.82 Å². The molecule has 10 heteroatoms. The summed E-state index contributed by atoms with van der Waals surface area (Å²) >= 11 is 0. The molecule has 0 saturated heterocycles. The number of phosphoric acid groups is 1. The summed E-state index contributed by atoms with van der Waals surface area (Å²) in [5.41, 5.74) is 0. The van der Waals surface area contributed by atoms with Crippen molar-refractivity contribution in [2.24, 2.45) is 0 Å². The van der Waals surface area contributed by atoms with Crippen molar-refractivity contribution in [3.8, 4) is 0 Å². The van der Waals surface area contributed by atoms with Crippen molar-refractivity contribution >= 4 is 19.7 Å². The average molecular weight is 936 g/mol. The number of unbranched alkanes of at least 4 members (excludes halogenated alkanes) is 30. The number of rotatable bonds is 51. The largest absolute Gasteiger partial charge is 0.472 e. The van der Waals surface area contributed by atoms with Crippen molar-refractivity contribution in [3.63, 3.8) is 0 Å². The molecule has 0 radical (unpaired) electrons. The zero-order chi connectivity index (χ0) is 47.4. The van der Waals surface area contributed by atoms with Crippen LogP contribution in [-0.2, 0) is 27.9 Å². The fraction of sp³-hybridized carbons (Fsp3) is 0.818. The number of allylic oxidation sites excluding steroid dienone is 8. The van der Waals surface area contributed by atoms with Crippen molar-refractivity contribution in [1.29, 1.82) is 0 Å². The molecule has 2 unspecified atom stereocenters. The Bertz CT molecular complexity index is 1200. The molecule has 0 aliphatic rings. The first-order valence-electron chi connectivity index (χ1n) is 27.1. The maximum Gasteiger partial charge on any atom is 0.472 e. The van der Waals surface area contributed by atoms with Crippen LogP contribution in [0.3, 0.4) is 0 Å². The van der Waals surface area contributed by atoms with Gasteiger partial charge in [-0.3, -0.25) is 18.6 Å². The molecule has 0 aliphatic heterocycles. The van der Waals surface area contributed by atoms with E-state index in [2.05, 4.69) is 67.8 Å². The highest BCUT2D eigenvalue weighted by molar-refractivity contribution is 7.47. The van der Waals surface area contributed by atoms with E-state index in [0.717, 1.165) is 64.2 Å². The smallest absolute Gasteiger partial charge is 0.463 e. The number of hydrogen-bond donors (Lipinski definition) is 3. The molecule has 0 spiro atoms. The molecule has 0 aliphatic carbocycles. The van der Waals surface area contributed by atoms with Crippen molar-refractivity contribution in [3.05, 3.63) is 48.6 Å². The van der Waals surface area contributed by atoms with Gasteiger partial charge in [-0.2, -0.15) is 0 Å². The van der Waals surface area contributed by atoms with Crippen LogP contribution in [0.2, 0.25) is 0 Å². The molecule has 0 aromatic rings. The Kier molecular flexibility index (Phi) is 49.8. The van der Waals surface area contributed by atoms with Gasteiger partial charge in [0, 0.05) is 19.4 Å². The second kappa shape index (κ2) is 51.4. The molecule has 3 N–H and O–H groups in total. The van der Waals surface area contributed by atoms with E-state index < -0.39 is 26.5 Å². The Morgan fingerprint density at radius 3 is 1.28 bits per heavy atom. The third kappa shape index (κ3) is 52.8. The van der Waals surface area contributed by atoms with Crippen LogP contribution in [0.5, 0.6) is 0 Å². The van der Waals surface area contributed by atoms with Gasteiger partial charge in [0.1, 0.15) is 12.7 Å². The Balaban J connectivity index is 3.56. The van der Waals surface area contributed by atoms with Gasteiger partial charge in [0.25, 0.3) is 0 Å². The predicted molar refractivity (Wildman–Crippen MR) is 275 cm³/mol. The predicted octanol–water partition coefficient (Wildman–Crippen LogP) is 16.2. The van der Waals surface area contributed by atoms with Crippen LogP contribution in [0.15, 0.2) is 48.6 Å². The summed E-state index contributed by atoms with van der Waals surface area (Å²) in [5, 5.41) is 12.8. The Hall–Kier alpha value is -2.03. The number of aliphatic hydroxyl groups is 1. The van der Waals surface area contributed by atoms with E-state index in [1.807, 2.05) is 0 Å². The van der Waals surface area contributed by atoms with Gasteiger partial charge < -0.3 is 20.1 Å². The lowest BCUT2D eigenvalue weighted by Gasteiger charge is -2.15. The van der Waals surface area contributed by atoms with Gasteiger partial charge in [-0.05, 0) is 57.8 Å². The number of phosphoric ester groups is 1. The normalized spacial score (nSPS) is 13.5. The first-order valence-corrected chi connectivity index (χ1v) is 28.6. The van der Waals surface area contributed by atoms with Gasteiger partial charge in [0.2, 0.25) is 5.91 Å². The summed E-state index contributed by atoms with van der Waals surface area (Å²) in [6.45, 7) is 3.56. The number of nitrogens with one attached hydrogen (secondary N) is 1. The van der Waals surface area contributed by atoms with Gasteiger partial charge in [-0.15, -0.1) is 0 Å². The maximum atomic E-state index is 12.2. The Morgan fingerprint density at radius 1 is 0.477 bits per heavy atom. The first-order chi connectivity index (χ1) is 31.8. The topological polar surface area (TPSA) is 131 Å². The van der Waals surface area contributed by atoms with E-state index in [0.29, 0.717) is 6.42 Å². The highest BCUT2D eigenvalue weighted by Gasteiger charge is 2.23. The van der Waals surface area contributed by atoms with E-state index in [1.165, 1.54) is 167 Å². The third-order valence-electron chi connectivity index (χ3n) is 11.8. The van der Waals surface area contributed by atoms with Crippen molar-refractivity contribution in [2.45, 2.75) is 264 Å². The zero-order valence-corrected chi connectivity index (χ0v) is 43.1. The van der Waals surface area contributed by atoms with E-state index >= 15 is 0 Å². The molecule has 1 amide bonds. The summed E-state index contributed by atoms with van der Waals surface area (Å²) in [5.74, 6) is -0.519. The quantitative estimate of drug-likeness (QED) is 0.0238. The van der Waals surface area contributed by atoms with Crippen LogP contribution in [-0.4, -0.2) is 54.3 Å². The van der Waals surface area contributed by atoms with Crippen LogP contribution in [0.25, 0.3) is 0 Å². The number of aliphatic hydroxyl groups excluding tert-OH is 1. The minimum absolute atomic E-state index is 0.0753. The number of amides is 1. The first kappa shape index (κ1) is 63.0. The number of esters is 1. The van der Waals surface area contributed by atoms with Gasteiger partial charge in [0.15, 0.2) is 0 Å². The molecule has 0 aromatic carbocycles. The van der Waals surface area contributed by atoms with E-state index in [1.54, 1.807) is 0 Å². The number of ether oxygens (including phenoxy) is 1. The second-order valence-electron chi connectivity index (χ2n) is 18.2. The molecule has 380 valence electrons. The van der Waals surface area contributed by atoms with Crippen LogP contribution in [0, 0.1) is 0 Å². The molecule has 0 bridgehead atoms. The molecular weight excluding hydrogens is 834 g/mol. The van der Waals surface area contributed by atoms with Crippen molar-refractivity contribution in [1.82, 2.24) is 5.32 Å². The van der Waals surface area contributed by atoms with Gasteiger partial charge in [-0.25, -0.2) is 4.57 Å². The molecule has 9 nitrogen and oxygen atoms in total. The Morgan fingerprint density at radius 2 is 0.831 bits per heavy atom. The van der Waals surface area contributed by atoms with Crippen LogP contribution in [0.1, 0.15) is 258 Å². The fourth-order valence-corrected chi connectivity index (χ4v) is 8.42. The minimum atomic E-state index is -4.43. The maximum absolute atomic E-state index is 12.2. The standard InChI is InChI=1S/C55H102NO8P/c1-3-5-7-9-11-13-15-17-19-21-23-25-26-28-29-31-33-35-37-39-41-43-45-47-54(58)56-49-50-63-65(60,61)64-52-53(57)51-62-55(59)48-46-44-42-40-38-36-34-32-30-27-24-22-20-18-16-14-12-10-8-6-4-2/h11,13,17,19,23,25,28-29,53,57H,3-10,12,14-16,18,20-22,24,26-27,30-52H2,1-2H3,(H,56,58)(H,60,61)/b13-11-,19-17-,25-23-,29-28-. The van der Waals surface area contributed by atoms with Gasteiger partial charge >= 0.3 is 13.8 Å². The number of hydrogen-bond acceptors (Lipinski definition) is 7. The molecule has 0 aromatic heterocycles. The highest BCUT2D eigenvalue weighted by atomic mass is 31.2. The Labute approximate surface area is 400 Å². The lowest BCUT2D eigenvalue weighted by atomic mass is 10.0. The van der Waals surface area contributed by atoms with Crippen molar-refractivity contribution < 1.29 is 37.9 Å². The fourth-order valence-electron chi connectivity index (χ4n) is 7.66. The summed E-state index contributed by atoms with van der Waals surface area (Å²) in [4.78, 5) is 34.1. The van der Waals surface area contributed by atoms with E-state index in [-0.39, 0.29) is 32.1 Å². The molecule has 0 heterocycles. The van der Waals surface area contributed by atoms with Crippen LogP contribution < -0.4 is 5.32 Å². The summed E-state index contributed by atoms with van der Waals surface area (Å²) in [7, 11) is -4.43. The molecule has 2 atom stereocenters. The van der Waals surface area contributed by atoms with E-state index in [4.69, 9.17) is 13.8 Å². The third-order valence-corrected chi connectivity index (χ3v) is 12.7. The number of carbonyl (C=O) groups excluding carboxylic acids is 2. The SMILES string of the molecule is CCCCC/C=C\C/C=C\C/C=C\C/C=C\CCCCCCCCCC(=O)NCCOP(=O)(O)OCC(O)COC(=O)CCCCCCCCCCCCCCCCCCCCCCC. The zero-order valence-electron chi connectivity index (χ0n) is 42.2. The molecule has 0 rings (SSSR count). The number of carbonyl (C=O) groups is 2. The molecule has 65 heavy (non-hydrogen) atoms. The average Bonchev–Trinajstić information content (AvgIpc) is 3.29. The monoisotopic (exact) mass is 936 g/mol. The lowest BCUT2D eigenvalue weighted by molar-refractivity contribution is -0.147. The summed E-state index contributed by atoms with van der Waals surface area (Å²) < 4.78 is 27.0. The molecule has 0 saturated carbocycles. The van der Waals surface area contributed by atoms with Gasteiger partial charge in [-0.1, -0.05) is 236 Å².